The first-order valence-corrected chi connectivity index (χ1v) is 7.22. The number of nitrogens with two attached hydrogens (primary N) is 1. The molecule has 0 heterocycles. The van der Waals surface area contributed by atoms with Crippen LogP contribution in [0.4, 0.5) is 0 Å². The molecule has 0 saturated heterocycles. The highest BCUT2D eigenvalue weighted by molar-refractivity contribution is 5.36. The minimum atomic E-state index is 0.311. The molecule has 2 heteroatoms. The first-order chi connectivity index (χ1) is 8.72. The fourth-order valence-electron chi connectivity index (χ4n) is 2.92. The lowest BCUT2D eigenvalue weighted by Gasteiger charge is -2.27. The Bertz CT molecular complexity index is 362. The number of aryl methyl sites for hydroxylation is 2. The van der Waals surface area contributed by atoms with Crippen LogP contribution in [0.5, 0.6) is 0 Å². The van der Waals surface area contributed by atoms with Crippen LogP contribution in [0.3, 0.4) is 0 Å². The molecule has 2 rings (SSSR count). The Kier molecular flexibility index (Phi) is 4.79. The van der Waals surface area contributed by atoms with Crippen LogP contribution < -0.4 is 11.1 Å². The monoisotopic (exact) mass is 246 g/mol. The molecule has 100 valence electrons. The van der Waals surface area contributed by atoms with Crippen molar-refractivity contribution in [3.63, 3.8) is 0 Å². The van der Waals surface area contributed by atoms with E-state index in [4.69, 9.17) is 5.73 Å². The van der Waals surface area contributed by atoms with Gasteiger partial charge in [-0.3, -0.25) is 0 Å². The summed E-state index contributed by atoms with van der Waals surface area (Å²) in [7, 11) is 0. The molecular weight excluding hydrogens is 220 g/mol. The molecule has 1 aliphatic rings. The second-order valence-electron chi connectivity index (χ2n) is 5.63. The predicted octanol–water partition coefficient (Wildman–Crippen LogP) is 3.08. The SMILES string of the molecule is Cc1cccc(C)c1C(CN)NCCC1CCC1. The normalized spacial score (nSPS) is 17.5. The minimum absolute atomic E-state index is 0.311. The first-order valence-electron chi connectivity index (χ1n) is 7.22. The Hall–Kier alpha value is -0.860. The van der Waals surface area contributed by atoms with Gasteiger partial charge in [-0.1, -0.05) is 37.5 Å². The lowest BCUT2D eigenvalue weighted by Crippen LogP contribution is -2.31. The Morgan fingerprint density at radius 3 is 2.44 bits per heavy atom. The van der Waals surface area contributed by atoms with Crippen molar-refractivity contribution in [3.05, 3.63) is 34.9 Å². The fraction of sp³-hybridized carbons (Fsp3) is 0.625. The number of benzene rings is 1. The third-order valence-corrected chi connectivity index (χ3v) is 4.29. The molecule has 1 fully saturated rings. The van der Waals surface area contributed by atoms with Crippen LogP contribution in [0.15, 0.2) is 18.2 Å². The van der Waals surface area contributed by atoms with Crippen molar-refractivity contribution in [1.82, 2.24) is 5.32 Å². The van der Waals surface area contributed by atoms with E-state index in [-0.39, 0.29) is 0 Å². The van der Waals surface area contributed by atoms with E-state index in [0.717, 1.165) is 12.5 Å². The molecule has 0 aromatic heterocycles. The second kappa shape index (κ2) is 6.35. The third-order valence-electron chi connectivity index (χ3n) is 4.29. The summed E-state index contributed by atoms with van der Waals surface area (Å²) in [5, 5.41) is 3.64. The summed E-state index contributed by atoms with van der Waals surface area (Å²) in [6.45, 7) is 6.13. The summed E-state index contributed by atoms with van der Waals surface area (Å²) in [6, 6.07) is 6.79. The van der Waals surface area contributed by atoms with E-state index in [1.807, 2.05) is 0 Å². The molecule has 0 bridgehead atoms. The van der Waals surface area contributed by atoms with Gasteiger partial charge in [-0.2, -0.15) is 0 Å². The summed E-state index contributed by atoms with van der Waals surface area (Å²) in [5.74, 6) is 0.967. The van der Waals surface area contributed by atoms with Crippen LogP contribution in [-0.2, 0) is 0 Å². The molecule has 0 spiro atoms. The van der Waals surface area contributed by atoms with Gasteiger partial charge in [0.1, 0.15) is 0 Å². The quantitative estimate of drug-likeness (QED) is 0.809. The molecule has 1 unspecified atom stereocenters. The molecule has 18 heavy (non-hydrogen) atoms. The topological polar surface area (TPSA) is 38.0 Å². The summed E-state index contributed by atoms with van der Waals surface area (Å²) in [5.41, 5.74) is 10.0. The van der Waals surface area contributed by atoms with Crippen LogP contribution in [-0.4, -0.2) is 13.1 Å². The molecule has 1 aromatic carbocycles. The fourth-order valence-corrected chi connectivity index (χ4v) is 2.92. The Morgan fingerprint density at radius 1 is 1.28 bits per heavy atom. The van der Waals surface area contributed by atoms with Crippen molar-refractivity contribution in [1.29, 1.82) is 0 Å². The maximum absolute atomic E-state index is 5.94. The largest absolute Gasteiger partial charge is 0.329 e. The van der Waals surface area contributed by atoms with Crippen LogP contribution in [0.1, 0.15) is 48.4 Å². The van der Waals surface area contributed by atoms with Gasteiger partial charge in [0.05, 0.1) is 0 Å². The number of hydrogen-bond acceptors (Lipinski definition) is 2. The van der Waals surface area contributed by atoms with Crippen LogP contribution in [0, 0.1) is 19.8 Å². The maximum Gasteiger partial charge on any atom is 0.0449 e. The van der Waals surface area contributed by atoms with Crippen LogP contribution in [0.25, 0.3) is 0 Å². The molecule has 0 aliphatic heterocycles. The van der Waals surface area contributed by atoms with E-state index in [1.54, 1.807) is 0 Å². The van der Waals surface area contributed by atoms with Gasteiger partial charge >= 0.3 is 0 Å². The smallest absolute Gasteiger partial charge is 0.0449 e. The summed E-state index contributed by atoms with van der Waals surface area (Å²) in [6.07, 6.45) is 5.60. The molecule has 3 N–H and O–H groups in total. The van der Waals surface area contributed by atoms with Gasteiger partial charge in [0, 0.05) is 12.6 Å². The molecular formula is C16H26N2. The van der Waals surface area contributed by atoms with Crippen molar-refractivity contribution in [2.24, 2.45) is 11.7 Å². The van der Waals surface area contributed by atoms with E-state index < -0.39 is 0 Å². The van der Waals surface area contributed by atoms with Gasteiger partial charge in [0.15, 0.2) is 0 Å². The van der Waals surface area contributed by atoms with Gasteiger partial charge in [0.2, 0.25) is 0 Å². The van der Waals surface area contributed by atoms with Crippen LogP contribution in [0.2, 0.25) is 0 Å². The average Bonchev–Trinajstić information content (AvgIpc) is 2.29. The molecule has 1 saturated carbocycles. The molecule has 0 radical (unpaired) electrons. The highest BCUT2D eigenvalue weighted by atomic mass is 14.9. The summed E-state index contributed by atoms with van der Waals surface area (Å²) in [4.78, 5) is 0. The molecule has 1 atom stereocenters. The maximum atomic E-state index is 5.94. The lowest BCUT2D eigenvalue weighted by molar-refractivity contribution is 0.287. The molecule has 0 amide bonds. The van der Waals surface area contributed by atoms with E-state index in [9.17, 15) is 0 Å². The Balaban J connectivity index is 1.94. The summed E-state index contributed by atoms with van der Waals surface area (Å²) < 4.78 is 0. The molecule has 2 nitrogen and oxygen atoms in total. The Labute approximate surface area is 111 Å². The Morgan fingerprint density at radius 2 is 1.94 bits per heavy atom. The van der Waals surface area contributed by atoms with Crippen molar-refractivity contribution < 1.29 is 0 Å². The summed E-state index contributed by atoms with van der Waals surface area (Å²) >= 11 is 0. The van der Waals surface area contributed by atoms with Gasteiger partial charge in [0.25, 0.3) is 0 Å². The number of nitrogens with one attached hydrogen (secondary N) is 1. The minimum Gasteiger partial charge on any atom is -0.329 e. The van der Waals surface area contributed by atoms with Gasteiger partial charge < -0.3 is 11.1 Å². The van der Waals surface area contributed by atoms with E-state index in [2.05, 4.69) is 37.4 Å². The lowest BCUT2D eigenvalue weighted by atomic mass is 9.83. The number of rotatable bonds is 6. The zero-order valence-electron chi connectivity index (χ0n) is 11.7. The van der Waals surface area contributed by atoms with E-state index >= 15 is 0 Å². The van der Waals surface area contributed by atoms with Crippen LogP contribution >= 0.6 is 0 Å². The third kappa shape index (κ3) is 3.12. The van der Waals surface area contributed by atoms with E-state index in [0.29, 0.717) is 12.6 Å². The zero-order valence-corrected chi connectivity index (χ0v) is 11.7. The molecule has 1 aliphatic carbocycles. The highest BCUT2D eigenvalue weighted by Crippen LogP contribution is 2.29. The van der Waals surface area contributed by atoms with Crippen molar-refractivity contribution in [2.45, 2.75) is 45.6 Å². The van der Waals surface area contributed by atoms with Crippen molar-refractivity contribution >= 4 is 0 Å². The van der Waals surface area contributed by atoms with Gasteiger partial charge in [-0.15, -0.1) is 0 Å². The number of hydrogen-bond donors (Lipinski definition) is 2. The highest BCUT2D eigenvalue weighted by Gasteiger charge is 2.18. The van der Waals surface area contributed by atoms with Crippen molar-refractivity contribution in [3.8, 4) is 0 Å². The average molecular weight is 246 g/mol. The molecule has 1 aromatic rings. The van der Waals surface area contributed by atoms with Crippen molar-refractivity contribution in [2.75, 3.05) is 13.1 Å². The predicted molar refractivity (Wildman–Crippen MR) is 77.7 cm³/mol. The first kappa shape index (κ1) is 13.6. The second-order valence-corrected chi connectivity index (χ2v) is 5.63. The zero-order chi connectivity index (χ0) is 13.0. The van der Waals surface area contributed by atoms with Gasteiger partial charge in [-0.25, -0.2) is 0 Å². The standard InChI is InChI=1S/C16H26N2/c1-12-5-3-6-13(2)16(12)15(11-17)18-10-9-14-7-4-8-14/h3,5-6,14-15,18H,4,7-11,17H2,1-2H3. The van der Waals surface area contributed by atoms with E-state index in [1.165, 1.54) is 42.4 Å². The van der Waals surface area contributed by atoms with Gasteiger partial charge in [-0.05, 0) is 49.4 Å².